The fraction of sp³-hybridized carbons (Fsp3) is 0.545. The molecule has 2 N–H and O–H groups in total. The van der Waals surface area contributed by atoms with Gasteiger partial charge < -0.3 is 4.90 Å². The molecule has 0 bridgehead atoms. The molecule has 1 aliphatic carbocycles. The highest BCUT2D eigenvalue weighted by atomic mass is 32.1. The van der Waals surface area contributed by atoms with Crippen LogP contribution >= 0.6 is 22.7 Å². The molecule has 3 amide bonds. The molecule has 2 aliphatic rings. The van der Waals surface area contributed by atoms with Gasteiger partial charge in [-0.1, -0.05) is 19.3 Å². The van der Waals surface area contributed by atoms with E-state index in [4.69, 9.17) is 0 Å². The lowest BCUT2D eigenvalue weighted by molar-refractivity contribution is -0.137. The molecule has 1 saturated heterocycles. The van der Waals surface area contributed by atoms with Crippen LogP contribution in [0.1, 0.15) is 80.9 Å². The number of thiazole rings is 1. The lowest BCUT2D eigenvalue weighted by Gasteiger charge is -2.34. The van der Waals surface area contributed by atoms with E-state index in [1.165, 1.54) is 41.9 Å². The van der Waals surface area contributed by atoms with Gasteiger partial charge in [0.15, 0.2) is 0 Å². The summed E-state index contributed by atoms with van der Waals surface area (Å²) in [6.07, 6.45) is 7.42. The minimum absolute atomic E-state index is 0.216. The van der Waals surface area contributed by atoms with E-state index in [1.54, 1.807) is 11.4 Å². The van der Waals surface area contributed by atoms with Gasteiger partial charge in [-0.3, -0.25) is 25.2 Å². The number of rotatable bonds is 4. The van der Waals surface area contributed by atoms with Crippen LogP contribution in [-0.4, -0.2) is 40.7 Å². The predicted octanol–water partition coefficient (Wildman–Crippen LogP) is 3.87. The van der Waals surface area contributed by atoms with Crippen molar-refractivity contribution in [3.63, 3.8) is 0 Å². The molecule has 3 heterocycles. The van der Waals surface area contributed by atoms with Crippen LogP contribution in [0.25, 0.3) is 0 Å². The standard InChI is InChI=1S/C22H28N4O3S2/c1-14-7-8-18(31-14)20(28)25-24-19(27)17-13-30-21(23-17)15-9-11-26(12-10-15)22(29)16-5-3-2-4-6-16/h7-8,13,15-16H,2-6,9-12H2,1H3,(H,24,27)(H,25,28). The SMILES string of the molecule is Cc1ccc(C(=O)NNC(=O)c2csc(C3CCN(C(=O)C4CCCCC4)CC3)n2)s1. The Labute approximate surface area is 190 Å². The second-order valence-electron chi connectivity index (χ2n) is 8.32. The monoisotopic (exact) mass is 460 g/mol. The number of carbonyl (C=O) groups excluding carboxylic acids is 3. The van der Waals surface area contributed by atoms with Crippen molar-refractivity contribution >= 4 is 40.4 Å². The molecule has 2 fully saturated rings. The Morgan fingerprint density at radius 1 is 1.00 bits per heavy atom. The largest absolute Gasteiger partial charge is 0.342 e. The van der Waals surface area contributed by atoms with Crippen molar-refractivity contribution in [1.29, 1.82) is 0 Å². The molecule has 1 saturated carbocycles. The van der Waals surface area contributed by atoms with Gasteiger partial charge in [0.1, 0.15) is 5.69 Å². The van der Waals surface area contributed by atoms with Gasteiger partial charge in [-0.2, -0.15) is 0 Å². The van der Waals surface area contributed by atoms with Crippen molar-refractivity contribution in [3.05, 3.63) is 38.0 Å². The maximum atomic E-state index is 12.7. The summed E-state index contributed by atoms with van der Waals surface area (Å²) in [6, 6.07) is 3.59. The smallest absolute Gasteiger partial charge is 0.289 e. The van der Waals surface area contributed by atoms with Crippen molar-refractivity contribution in [1.82, 2.24) is 20.7 Å². The Kier molecular flexibility index (Phi) is 7.02. The second-order valence-corrected chi connectivity index (χ2v) is 10.5. The van der Waals surface area contributed by atoms with Crippen LogP contribution in [0.5, 0.6) is 0 Å². The highest BCUT2D eigenvalue weighted by Crippen LogP contribution is 2.32. The second kappa shape index (κ2) is 9.91. The van der Waals surface area contributed by atoms with Gasteiger partial charge >= 0.3 is 0 Å². The van der Waals surface area contributed by atoms with Crippen molar-refractivity contribution < 1.29 is 14.4 Å². The van der Waals surface area contributed by atoms with E-state index in [0.29, 0.717) is 16.5 Å². The van der Waals surface area contributed by atoms with E-state index in [9.17, 15) is 14.4 Å². The van der Waals surface area contributed by atoms with Gasteiger partial charge in [-0.15, -0.1) is 22.7 Å². The zero-order valence-corrected chi connectivity index (χ0v) is 19.3. The third kappa shape index (κ3) is 5.33. The number of aromatic nitrogens is 1. The number of likely N-dealkylation sites (tertiary alicyclic amines) is 1. The van der Waals surface area contributed by atoms with E-state index in [-0.39, 0.29) is 17.7 Å². The minimum atomic E-state index is -0.422. The van der Waals surface area contributed by atoms with Crippen LogP contribution in [0.3, 0.4) is 0 Å². The summed E-state index contributed by atoms with van der Waals surface area (Å²) < 4.78 is 0. The average Bonchev–Trinajstić information content (AvgIpc) is 3.47. The molecule has 31 heavy (non-hydrogen) atoms. The Hall–Kier alpha value is -2.26. The van der Waals surface area contributed by atoms with Gasteiger partial charge in [0.05, 0.1) is 9.88 Å². The molecule has 1 aliphatic heterocycles. The van der Waals surface area contributed by atoms with Gasteiger partial charge in [-0.05, 0) is 44.7 Å². The van der Waals surface area contributed by atoms with Crippen molar-refractivity contribution in [2.75, 3.05) is 13.1 Å². The number of aryl methyl sites for hydroxylation is 1. The molecule has 0 aromatic carbocycles. The fourth-order valence-corrected chi connectivity index (χ4v) is 6.06. The summed E-state index contributed by atoms with van der Waals surface area (Å²) in [5.41, 5.74) is 5.19. The summed E-state index contributed by atoms with van der Waals surface area (Å²) in [5.74, 6) is 0.0550. The van der Waals surface area contributed by atoms with E-state index in [2.05, 4.69) is 15.8 Å². The van der Waals surface area contributed by atoms with Crippen LogP contribution < -0.4 is 10.9 Å². The zero-order chi connectivity index (χ0) is 21.8. The zero-order valence-electron chi connectivity index (χ0n) is 17.7. The highest BCUT2D eigenvalue weighted by molar-refractivity contribution is 7.14. The van der Waals surface area contributed by atoms with E-state index in [0.717, 1.165) is 48.7 Å². The molecule has 0 atom stereocenters. The molecule has 0 spiro atoms. The third-order valence-electron chi connectivity index (χ3n) is 6.12. The van der Waals surface area contributed by atoms with E-state index in [1.807, 2.05) is 17.9 Å². The number of nitrogens with zero attached hydrogens (tertiary/aromatic N) is 2. The van der Waals surface area contributed by atoms with Crippen LogP contribution in [0.4, 0.5) is 0 Å². The molecular weight excluding hydrogens is 432 g/mol. The fourth-order valence-electron chi connectivity index (χ4n) is 4.33. The number of amides is 3. The van der Waals surface area contributed by atoms with Gasteiger partial charge in [-0.25, -0.2) is 4.98 Å². The minimum Gasteiger partial charge on any atom is -0.342 e. The maximum Gasteiger partial charge on any atom is 0.289 e. The summed E-state index contributed by atoms with van der Waals surface area (Å²) in [6.45, 7) is 3.45. The Morgan fingerprint density at radius 3 is 2.39 bits per heavy atom. The first-order chi connectivity index (χ1) is 15.0. The van der Waals surface area contributed by atoms with Crippen LogP contribution in [0, 0.1) is 12.8 Å². The molecule has 2 aromatic heterocycles. The van der Waals surface area contributed by atoms with Gasteiger partial charge in [0, 0.05) is 35.2 Å². The van der Waals surface area contributed by atoms with Crippen LogP contribution in [-0.2, 0) is 4.79 Å². The average molecular weight is 461 g/mol. The van der Waals surface area contributed by atoms with E-state index < -0.39 is 5.91 Å². The Balaban J connectivity index is 1.26. The Morgan fingerprint density at radius 2 is 1.71 bits per heavy atom. The third-order valence-corrected chi connectivity index (χ3v) is 8.13. The van der Waals surface area contributed by atoms with Crippen molar-refractivity contribution in [2.24, 2.45) is 5.92 Å². The topological polar surface area (TPSA) is 91.4 Å². The van der Waals surface area contributed by atoms with Crippen molar-refractivity contribution in [3.8, 4) is 0 Å². The van der Waals surface area contributed by atoms with Crippen molar-refractivity contribution in [2.45, 2.75) is 57.8 Å². The summed E-state index contributed by atoms with van der Waals surface area (Å²) in [7, 11) is 0. The maximum absolute atomic E-state index is 12.7. The number of hydrogen-bond donors (Lipinski definition) is 2. The first-order valence-electron chi connectivity index (χ1n) is 10.9. The number of hydrazine groups is 1. The molecule has 0 unspecified atom stereocenters. The first kappa shape index (κ1) is 22.0. The molecular formula is C22H28N4O3S2. The number of carbonyl (C=O) groups is 3. The molecule has 7 nitrogen and oxygen atoms in total. The van der Waals surface area contributed by atoms with Crippen LogP contribution in [0.15, 0.2) is 17.5 Å². The molecule has 166 valence electrons. The molecule has 2 aromatic rings. The van der Waals surface area contributed by atoms with Gasteiger partial charge in [0.2, 0.25) is 5.91 Å². The first-order valence-corrected chi connectivity index (χ1v) is 12.6. The highest BCUT2D eigenvalue weighted by Gasteiger charge is 2.30. The van der Waals surface area contributed by atoms with Crippen LogP contribution in [0.2, 0.25) is 0 Å². The number of piperidine rings is 1. The number of hydrogen-bond acceptors (Lipinski definition) is 6. The Bertz CT molecular complexity index is 940. The molecule has 0 radical (unpaired) electrons. The summed E-state index contributed by atoms with van der Waals surface area (Å²) >= 11 is 2.84. The van der Waals surface area contributed by atoms with Gasteiger partial charge in [0.25, 0.3) is 11.8 Å². The number of thiophene rings is 1. The molecule has 9 heteroatoms. The molecule has 4 rings (SSSR count). The quantitative estimate of drug-likeness (QED) is 0.678. The predicted molar refractivity (Wildman–Crippen MR) is 121 cm³/mol. The number of nitrogens with one attached hydrogen (secondary N) is 2. The lowest BCUT2D eigenvalue weighted by Crippen LogP contribution is -2.42. The van der Waals surface area contributed by atoms with E-state index >= 15 is 0 Å². The lowest BCUT2D eigenvalue weighted by atomic mass is 9.87. The summed E-state index contributed by atoms with van der Waals surface area (Å²) in [4.78, 5) is 45.3. The normalized spacial score (nSPS) is 18.0. The summed E-state index contributed by atoms with van der Waals surface area (Å²) in [5, 5.41) is 2.65.